The van der Waals surface area contributed by atoms with Gasteiger partial charge in [-0.2, -0.15) is 0 Å². The molecule has 0 radical (unpaired) electrons. The Morgan fingerprint density at radius 2 is 1.74 bits per heavy atom. The molecule has 11 heteroatoms. The number of hydrogen-bond acceptors (Lipinski definition) is 10. The number of allylic oxidation sites excluding steroid dienone is 2. The molecule has 0 aliphatic carbocycles. The SMILES string of the molecule is C/C=C/OC.C=CCn1c(-c2nonc2N)nc2cnccc21.CC.CCC.CCN.COC=O. The predicted molar refractivity (Wildman–Crippen MR) is 142 cm³/mol. The fourth-order valence-electron chi connectivity index (χ4n) is 1.96. The summed E-state index contributed by atoms with van der Waals surface area (Å²) >= 11 is 0. The van der Waals surface area contributed by atoms with Gasteiger partial charge in [-0.25, -0.2) is 9.61 Å². The van der Waals surface area contributed by atoms with Gasteiger partial charge in [-0.15, -0.1) is 6.58 Å². The average Bonchev–Trinajstić information content (AvgIpc) is 3.46. The second-order valence-corrected chi connectivity index (χ2v) is 5.85. The van der Waals surface area contributed by atoms with Crippen molar-refractivity contribution in [2.75, 3.05) is 26.5 Å². The largest absolute Gasteiger partial charge is 0.505 e. The molecule has 11 nitrogen and oxygen atoms in total. The summed E-state index contributed by atoms with van der Waals surface area (Å²) in [7, 11) is 2.94. The van der Waals surface area contributed by atoms with E-state index in [1.165, 1.54) is 13.5 Å². The standard InChI is InChI=1S/C11H10N6O.C4H8O.C3H8.C2H7N.C2H4O2.C2H6/c1-2-5-17-8-3-4-13-6-7(8)14-11(17)9-10(12)16-18-15-9;1-3-4-5-2;1-3-2;1-2-3;1-4-2-3;1-2/h2-4,6H,1,5H2,(H2,12,16);3-4H,1-2H3;3H2,1-2H3;2-3H2,1H3;2H,1H3;1-2H3/b;4-3+;;;;. The van der Waals surface area contributed by atoms with Crippen molar-refractivity contribution >= 4 is 23.3 Å². The molecule has 0 fully saturated rings. The maximum Gasteiger partial charge on any atom is 0.292 e. The smallest absolute Gasteiger partial charge is 0.292 e. The highest BCUT2D eigenvalue weighted by Crippen LogP contribution is 2.25. The fraction of sp³-hybridized carbons (Fsp3) is 0.458. The van der Waals surface area contributed by atoms with E-state index in [9.17, 15) is 0 Å². The van der Waals surface area contributed by atoms with E-state index in [2.05, 4.69) is 54.8 Å². The van der Waals surface area contributed by atoms with Crippen LogP contribution in [0.3, 0.4) is 0 Å². The number of hydrogen-bond donors (Lipinski definition) is 2. The molecule has 0 saturated heterocycles. The number of fused-ring (bicyclic) bond motifs is 1. The first-order valence-corrected chi connectivity index (χ1v) is 11.3. The zero-order valence-electron chi connectivity index (χ0n) is 22.4. The first-order valence-electron chi connectivity index (χ1n) is 11.3. The molecule has 3 aromatic rings. The van der Waals surface area contributed by atoms with Gasteiger partial charge in [0.05, 0.1) is 32.2 Å². The first kappa shape index (κ1) is 35.9. The molecule has 0 atom stereocenters. The Morgan fingerprint density at radius 1 is 1.17 bits per heavy atom. The molecule has 3 aromatic heterocycles. The summed E-state index contributed by atoms with van der Waals surface area (Å²) in [6.45, 7) is 17.5. The lowest BCUT2D eigenvalue weighted by Gasteiger charge is -2.03. The number of imidazole rings is 1. The Balaban J connectivity index is -0.000000500. The lowest BCUT2D eigenvalue weighted by Crippen LogP contribution is -2.00. The summed E-state index contributed by atoms with van der Waals surface area (Å²) in [5, 5.41) is 7.34. The van der Waals surface area contributed by atoms with Crippen LogP contribution in [-0.4, -0.2) is 52.1 Å². The van der Waals surface area contributed by atoms with Crippen molar-refractivity contribution in [3.8, 4) is 11.5 Å². The molecule has 0 unspecified atom stereocenters. The van der Waals surface area contributed by atoms with E-state index < -0.39 is 0 Å². The molecule has 4 N–H and O–H groups in total. The van der Waals surface area contributed by atoms with Crippen LogP contribution in [0.15, 0.2) is 48.1 Å². The van der Waals surface area contributed by atoms with Crippen LogP contribution in [0.2, 0.25) is 0 Å². The van der Waals surface area contributed by atoms with Crippen LogP contribution in [0.5, 0.6) is 0 Å². The van der Waals surface area contributed by atoms with Crippen molar-refractivity contribution in [3.05, 3.63) is 43.5 Å². The summed E-state index contributed by atoms with van der Waals surface area (Å²) in [6.07, 6.45) is 9.87. The normalized spacial score (nSPS) is 8.71. The number of methoxy groups -OCH3 is 2. The number of nitrogens with zero attached hydrogens (tertiary/aromatic N) is 5. The molecule has 0 amide bonds. The van der Waals surface area contributed by atoms with Gasteiger partial charge in [0.2, 0.25) is 0 Å². The van der Waals surface area contributed by atoms with Crippen molar-refractivity contribution in [1.82, 2.24) is 24.8 Å². The van der Waals surface area contributed by atoms with E-state index in [0.717, 1.165) is 17.6 Å². The predicted octanol–water partition coefficient (Wildman–Crippen LogP) is 4.61. The number of nitrogens with two attached hydrogens (primary N) is 2. The second kappa shape index (κ2) is 26.5. The zero-order valence-corrected chi connectivity index (χ0v) is 22.4. The van der Waals surface area contributed by atoms with Gasteiger partial charge < -0.3 is 25.5 Å². The Morgan fingerprint density at radius 3 is 2.11 bits per heavy atom. The van der Waals surface area contributed by atoms with Crippen LogP contribution >= 0.6 is 0 Å². The number of rotatable bonds is 5. The highest BCUT2D eigenvalue weighted by Gasteiger charge is 2.18. The van der Waals surface area contributed by atoms with E-state index in [1.807, 2.05) is 44.4 Å². The quantitative estimate of drug-likeness (QED) is 0.292. The minimum Gasteiger partial charge on any atom is -0.505 e. The lowest BCUT2D eigenvalue weighted by atomic mass is 10.4. The van der Waals surface area contributed by atoms with Crippen molar-refractivity contribution in [3.63, 3.8) is 0 Å². The number of carbonyl (C=O) groups is 1. The van der Waals surface area contributed by atoms with Gasteiger partial charge in [0, 0.05) is 12.7 Å². The topological polar surface area (TPSA) is 157 Å². The highest BCUT2D eigenvalue weighted by atomic mass is 16.6. The van der Waals surface area contributed by atoms with Crippen molar-refractivity contribution in [2.24, 2.45) is 5.73 Å². The van der Waals surface area contributed by atoms with Gasteiger partial charge in [-0.05, 0) is 29.8 Å². The van der Waals surface area contributed by atoms with Crippen LogP contribution in [0.4, 0.5) is 5.82 Å². The molecule has 198 valence electrons. The summed E-state index contributed by atoms with van der Waals surface area (Å²) in [5.41, 5.74) is 12.7. The second-order valence-electron chi connectivity index (χ2n) is 5.85. The maximum absolute atomic E-state index is 8.95. The number of carbonyl (C=O) groups excluding carboxylic acids is 1. The van der Waals surface area contributed by atoms with Crippen LogP contribution in [-0.2, 0) is 20.8 Å². The summed E-state index contributed by atoms with van der Waals surface area (Å²) < 4.78 is 14.9. The Hall–Kier alpha value is -3.73. The Kier molecular flexibility index (Phi) is 27.2. The monoisotopic (exact) mass is 493 g/mol. The number of nitrogen functional groups attached to an aromatic ring is 1. The molecule has 0 bridgehead atoms. The highest BCUT2D eigenvalue weighted by molar-refractivity contribution is 5.80. The van der Waals surface area contributed by atoms with Crippen molar-refractivity contribution in [2.45, 2.75) is 54.5 Å². The van der Waals surface area contributed by atoms with Crippen LogP contribution in [0.1, 0.15) is 48.0 Å². The molecule has 3 heterocycles. The number of pyridine rings is 1. The van der Waals surface area contributed by atoms with E-state index in [0.29, 0.717) is 24.5 Å². The van der Waals surface area contributed by atoms with Gasteiger partial charge >= 0.3 is 0 Å². The number of ether oxygens (including phenoxy) is 2. The molecule has 0 aromatic carbocycles. The van der Waals surface area contributed by atoms with Crippen molar-refractivity contribution < 1.29 is 18.9 Å². The van der Waals surface area contributed by atoms with Gasteiger partial charge in [-0.1, -0.05) is 53.2 Å². The third kappa shape index (κ3) is 15.7. The fourth-order valence-corrected chi connectivity index (χ4v) is 1.96. The van der Waals surface area contributed by atoms with E-state index >= 15 is 0 Å². The minimum absolute atomic E-state index is 0.212. The summed E-state index contributed by atoms with van der Waals surface area (Å²) in [6, 6.07) is 1.87. The van der Waals surface area contributed by atoms with E-state index in [1.54, 1.807) is 31.8 Å². The Bertz CT molecular complexity index is 906. The molecule has 35 heavy (non-hydrogen) atoms. The number of anilines is 1. The summed E-state index contributed by atoms with van der Waals surface area (Å²) in [5.74, 6) is 0.806. The number of aromatic nitrogens is 5. The molecule has 0 spiro atoms. The summed E-state index contributed by atoms with van der Waals surface area (Å²) in [4.78, 5) is 17.4. The maximum atomic E-state index is 8.95. The van der Waals surface area contributed by atoms with Crippen molar-refractivity contribution in [1.29, 1.82) is 0 Å². The van der Waals surface area contributed by atoms with Gasteiger partial charge in [0.15, 0.2) is 17.3 Å². The molecule has 0 saturated carbocycles. The zero-order chi connectivity index (χ0) is 27.5. The van der Waals surface area contributed by atoms with Crippen LogP contribution < -0.4 is 11.5 Å². The molecular weight excluding hydrogens is 450 g/mol. The molecule has 3 rings (SSSR count). The van der Waals surface area contributed by atoms with Crippen LogP contribution in [0.25, 0.3) is 22.6 Å². The lowest BCUT2D eigenvalue weighted by molar-refractivity contribution is -0.126. The average molecular weight is 494 g/mol. The van der Waals surface area contributed by atoms with E-state index in [-0.39, 0.29) is 5.82 Å². The van der Waals surface area contributed by atoms with Gasteiger partial charge in [-0.3, -0.25) is 9.78 Å². The van der Waals surface area contributed by atoms with Gasteiger partial charge in [0.25, 0.3) is 6.47 Å². The third-order valence-electron chi connectivity index (χ3n) is 2.96. The van der Waals surface area contributed by atoms with Crippen LogP contribution in [0, 0.1) is 0 Å². The molecule has 0 aliphatic rings. The van der Waals surface area contributed by atoms with Gasteiger partial charge in [0.1, 0.15) is 5.52 Å². The minimum atomic E-state index is 0.212. The Labute approximate surface area is 209 Å². The van der Waals surface area contributed by atoms with E-state index in [4.69, 9.17) is 16.3 Å². The first-order chi connectivity index (χ1) is 17.0. The molecule has 0 aliphatic heterocycles. The molecular formula is C24H43N7O4. The third-order valence-corrected chi connectivity index (χ3v) is 2.96.